The number of aryl methyl sites for hydroxylation is 3. The van der Waals surface area contributed by atoms with Crippen LogP contribution in [0.2, 0.25) is 0 Å². The van der Waals surface area contributed by atoms with Crippen molar-refractivity contribution in [1.82, 2.24) is 10.0 Å². The molecule has 2 rings (SSSR count). The Hall–Kier alpha value is -2.29. The Balaban J connectivity index is 1.85. The van der Waals surface area contributed by atoms with Crippen molar-refractivity contribution in [2.24, 2.45) is 0 Å². The molecule has 152 valence electrons. The first-order chi connectivity index (χ1) is 13.1. The minimum absolute atomic E-state index is 0.0482. The molecule has 0 aliphatic carbocycles. The van der Waals surface area contributed by atoms with Crippen LogP contribution in [0.3, 0.4) is 0 Å². The number of nitrogens with one attached hydrogen (secondary N) is 2. The van der Waals surface area contributed by atoms with E-state index < -0.39 is 27.9 Å². The molecule has 1 unspecified atom stereocenters. The van der Waals surface area contributed by atoms with E-state index in [-0.39, 0.29) is 24.4 Å². The van der Waals surface area contributed by atoms with Crippen molar-refractivity contribution in [1.29, 1.82) is 0 Å². The Kier molecular flexibility index (Phi) is 7.29. The van der Waals surface area contributed by atoms with Crippen molar-refractivity contribution in [3.63, 3.8) is 0 Å². The Morgan fingerprint density at radius 1 is 1.11 bits per heavy atom. The summed E-state index contributed by atoms with van der Waals surface area (Å²) in [6, 6.07) is 8.92. The molecule has 0 aromatic heterocycles. The molecule has 0 fully saturated rings. The van der Waals surface area contributed by atoms with E-state index in [1.807, 2.05) is 6.92 Å². The predicted molar refractivity (Wildman–Crippen MR) is 105 cm³/mol. The van der Waals surface area contributed by atoms with Gasteiger partial charge < -0.3 is 10.4 Å². The maximum atomic E-state index is 12.9. The number of hydrogen-bond donors (Lipinski definition) is 3. The minimum atomic E-state index is -3.73. The molecule has 0 spiro atoms. The van der Waals surface area contributed by atoms with Gasteiger partial charge in [-0.05, 0) is 49.6 Å². The van der Waals surface area contributed by atoms with Crippen LogP contribution in [0.25, 0.3) is 0 Å². The molecule has 3 N–H and O–H groups in total. The fourth-order valence-electron chi connectivity index (χ4n) is 3.06. The van der Waals surface area contributed by atoms with Gasteiger partial charge in [-0.1, -0.05) is 29.8 Å². The first-order valence-electron chi connectivity index (χ1n) is 8.88. The van der Waals surface area contributed by atoms with Crippen LogP contribution >= 0.6 is 0 Å². The summed E-state index contributed by atoms with van der Waals surface area (Å²) < 4.78 is 40.4. The van der Waals surface area contributed by atoms with Gasteiger partial charge >= 0.3 is 0 Å². The van der Waals surface area contributed by atoms with Gasteiger partial charge in [0.25, 0.3) is 0 Å². The summed E-state index contributed by atoms with van der Waals surface area (Å²) in [5.41, 5.74) is 2.76. The summed E-state index contributed by atoms with van der Waals surface area (Å²) in [5.74, 6) is -0.812. The number of rotatable bonds is 8. The van der Waals surface area contributed by atoms with Gasteiger partial charge in [-0.3, -0.25) is 4.79 Å². The molecule has 28 heavy (non-hydrogen) atoms. The second-order valence-electron chi connectivity index (χ2n) is 6.75. The zero-order valence-electron chi connectivity index (χ0n) is 16.1. The highest BCUT2D eigenvalue weighted by molar-refractivity contribution is 7.89. The number of hydrogen-bond acceptors (Lipinski definition) is 4. The molecule has 0 saturated heterocycles. The molecule has 2 aromatic carbocycles. The minimum Gasteiger partial charge on any atom is -0.387 e. The molecule has 1 atom stereocenters. The number of amides is 1. The third kappa shape index (κ3) is 5.85. The molecule has 1 amide bonds. The second-order valence-corrected chi connectivity index (χ2v) is 8.45. The fourth-order valence-corrected chi connectivity index (χ4v) is 4.54. The first kappa shape index (κ1) is 22.0. The lowest BCUT2D eigenvalue weighted by Gasteiger charge is -2.14. The van der Waals surface area contributed by atoms with E-state index in [1.165, 1.54) is 24.3 Å². The maximum absolute atomic E-state index is 12.9. The Morgan fingerprint density at radius 3 is 2.25 bits per heavy atom. The number of carbonyl (C=O) groups excluding carboxylic acids is 1. The van der Waals surface area contributed by atoms with Gasteiger partial charge in [0.05, 0.1) is 11.0 Å². The zero-order valence-corrected chi connectivity index (χ0v) is 16.9. The fraction of sp³-hybridized carbons (Fsp3) is 0.350. The molecule has 0 heterocycles. The third-order valence-electron chi connectivity index (χ3n) is 4.26. The van der Waals surface area contributed by atoms with Crippen LogP contribution in [0.5, 0.6) is 0 Å². The Bertz CT molecular complexity index is 920. The summed E-state index contributed by atoms with van der Waals surface area (Å²) in [4.78, 5) is 12.1. The van der Waals surface area contributed by atoms with Crippen LogP contribution in [0.1, 0.15) is 34.8 Å². The first-order valence-corrected chi connectivity index (χ1v) is 10.4. The molecule has 0 saturated carbocycles. The van der Waals surface area contributed by atoms with Gasteiger partial charge in [0.15, 0.2) is 0 Å². The molecule has 0 radical (unpaired) electrons. The van der Waals surface area contributed by atoms with Crippen LogP contribution < -0.4 is 10.0 Å². The summed E-state index contributed by atoms with van der Waals surface area (Å²) >= 11 is 0. The maximum Gasteiger partial charge on any atom is 0.241 e. The number of aliphatic hydroxyl groups is 1. The average Bonchev–Trinajstić information content (AvgIpc) is 2.59. The molecule has 0 bridgehead atoms. The van der Waals surface area contributed by atoms with Crippen molar-refractivity contribution in [2.45, 2.75) is 38.2 Å². The van der Waals surface area contributed by atoms with Crippen molar-refractivity contribution in [2.75, 3.05) is 13.1 Å². The van der Waals surface area contributed by atoms with Crippen LogP contribution in [0.15, 0.2) is 41.3 Å². The molecule has 0 aliphatic rings. The van der Waals surface area contributed by atoms with Gasteiger partial charge in [0.1, 0.15) is 5.82 Å². The second kappa shape index (κ2) is 9.27. The molecule has 8 heteroatoms. The number of carbonyl (C=O) groups is 1. The van der Waals surface area contributed by atoms with E-state index in [1.54, 1.807) is 26.0 Å². The van der Waals surface area contributed by atoms with Crippen molar-refractivity contribution < 1.29 is 22.7 Å². The Morgan fingerprint density at radius 2 is 1.68 bits per heavy atom. The molecular formula is C20H25FN2O4S. The monoisotopic (exact) mass is 408 g/mol. The largest absolute Gasteiger partial charge is 0.387 e. The van der Waals surface area contributed by atoms with E-state index in [2.05, 4.69) is 10.0 Å². The molecule has 6 nitrogen and oxygen atoms in total. The van der Waals surface area contributed by atoms with E-state index in [4.69, 9.17) is 0 Å². The number of sulfonamides is 1. The topological polar surface area (TPSA) is 95.5 Å². The van der Waals surface area contributed by atoms with E-state index in [0.717, 1.165) is 5.56 Å². The summed E-state index contributed by atoms with van der Waals surface area (Å²) in [7, 11) is -3.73. The lowest BCUT2D eigenvalue weighted by Crippen LogP contribution is -2.33. The lowest BCUT2D eigenvalue weighted by molar-refractivity contribution is -0.121. The van der Waals surface area contributed by atoms with Crippen LogP contribution in [0, 0.1) is 26.6 Å². The standard InChI is InChI=1S/C20H25FN2O4S/c1-13-10-14(2)20(15(3)11-13)28(26,27)23-9-8-19(25)22-12-18(24)16-4-6-17(21)7-5-16/h4-7,10-11,18,23-24H,8-9,12H2,1-3H3,(H,22,25). The predicted octanol–water partition coefficient (Wildman–Crippen LogP) is 2.27. The van der Waals surface area contributed by atoms with Crippen LogP contribution in [0.4, 0.5) is 4.39 Å². The van der Waals surface area contributed by atoms with Crippen molar-refractivity contribution in [3.8, 4) is 0 Å². The third-order valence-corrected chi connectivity index (χ3v) is 6.03. The summed E-state index contributed by atoms with van der Waals surface area (Å²) in [6.07, 6.45) is -1.04. The number of benzene rings is 2. The van der Waals surface area contributed by atoms with Gasteiger partial charge in [0, 0.05) is 19.5 Å². The Labute approximate surface area is 164 Å². The highest BCUT2D eigenvalue weighted by Crippen LogP contribution is 2.21. The summed E-state index contributed by atoms with van der Waals surface area (Å²) in [6.45, 7) is 5.26. The lowest BCUT2D eigenvalue weighted by atomic mass is 10.1. The van der Waals surface area contributed by atoms with Crippen molar-refractivity contribution >= 4 is 15.9 Å². The van der Waals surface area contributed by atoms with Crippen LogP contribution in [-0.4, -0.2) is 32.5 Å². The number of aliphatic hydroxyl groups excluding tert-OH is 1. The SMILES string of the molecule is Cc1cc(C)c(S(=O)(=O)NCCC(=O)NCC(O)c2ccc(F)cc2)c(C)c1. The highest BCUT2D eigenvalue weighted by Gasteiger charge is 2.20. The molecular weight excluding hydrogens is 383 g/mol. The quantitative estimate of drug-likeness (QED) is 0.624. The van der Waals surface area contributed by atoms with Crippen molar-refractivity contribution in [3.05, 3.63) is 64.5 Å². The van der Waals surface area contributed by atoms with Gasteiger partial charge in [-0.25, -0.2) is 17.5 Å². The molecule has 2 aromatic rings. The van der Waals surface area contributed by atoms with E-state index >= 15 is 0 Å². The smallest absolute Gasteiger partial charge is 0.241 e. The number of halogens is 1. The normalized spacial score (nSPS) is 12.6. The van der Waals surface area contributed by atoms with Gasteiger partial charge in [-0.15, -0.1) is 0 Å². The molecule has 0 aliphatic heterocycles. The van der Waals surface area contributed by atoms with Gasteiger partial charge in [0.2, 0.25) is 15.9 Å². The van der Waals surface area contributed by atoms with E-state index in [9.17, 15) is 22.7 Å². The average molecular weight is 408 g/mol. The van der Waals surface area contributed by atoms with Crippen LogP contribution in [-0.2, 0) is 14.8 Å². The van der Waals surface area contributed by atoms with Gasteiger partial charge in [-0.2, -0.15) is 0 Å². The summed E-state index contributed by atoms with van der Waals surface area (Å²) in [5, 5.41) is 12.5. The van der Waals surface area contributed by atoms with E-state index in [0.29, 0.717) is 16.7 Å². The zero-order chi connectivity index (χ0) is 20.9. The highest BCUT2D eigenvalue weighted by atomic mass is 32.2.